The van der Waals surface area contributed by atoms with E-state index in [0.717, 1.165) is 27.4 Å². The Labute approximate surface area is 132 Å². The summed E-state index contributed by atoms with van der Waals surface area (Å²) < 4.78 is 1.78. The molecule has 1 N–H and O–H groups in total. The molecule has 0 fully saturated rings. The van der Waals surface area contributed by atoms with Crippen LogP contribution in [-0.4, -0.2) is 20.7 Å². The third-order valence-corrected chi connectivity index (χ3v) is 4.36. The molecule has 0 saturated carbocycles. The molecule has 0 atom stereocenters. The Morgan fingerprint density at radius 3 is 2.82 bits per heavy atom. The zero-order valence-electron chi connectivity index (χ0n) is 12.4. The quantitative estimate of drug-likeness (QED) is 0.806. The first-order chi connectivity index (χ1) is 10.6. The highest BCUT2D eigenvalue weighted by Crippen LogP contribution is 2.16. The van der Waals surface area contributed by atoms with E-state index in [9.17, 15) is 4.79 Å². The van der Waals surface area contributed by atoms with Crippen LogP contribution in [0.25, 0.3) is 11.4 Å². The van der Waals surface area contributed by atoms with Gasteiger partial charge in [0.05, 0.1) is 16.3 Å². The number of aryl methyl sites for hydroxylation is 2. The van der Waals surface area contributed by atoms with Crippen molar-refractivity contribution in [2.24, 2.45) is 7.05 Å². The lowest BCUT2D eigenvalue weighted by molar-refractivity contribution is 0.0955. The van der Waals surface area contributed by atoms with E-state index < -0.39 is 0 Å². The molecule has 112 valence electrons. The fraction of sp³-hybridized carbons (Fsp3) is 0.188. The van der Waals surface area contributed by atoms with Crippen LogP contribution in [0.1, 0.15) is 20.8 Å². The highest BCUT2D eigenvalue weighted by Gasteiger charge is 2.08. The van der Waals surface area contributed by atoms with Crippen LogP contribution in [0, 0.1) is 6.92 Å². The molecule has 0 saturated heterocycles. The molecule has 0 bridgehead atoms. The zero-order valence-corrected chi connectivity index (χ0v) is 13.2. The number of pyridine rings is 1. The van der Waals surface area contributed by atoms with Crippen LogP contribution in [0.15, 0.2) is 42.0 Å². The minimum Gasteiger partial charge on any atom is -0.347 e. The second-order valence-corrected chi connectivity index (χ2v) is 5.97. The summed E-state index contributed by atoms with van der Waals surface area (Å²) >= 11 is 1.46. The Hall–Kier alpha value is -2.47. The molecule has 0 aromatic carbocycles. The summed E-state index contributed by atoms with van der Waals surface area (Å²) in [4.78, 5) is 17.2. The van der Waals surface area contributed by atoms with Gasteiger partial charge < -0.3 is 5.32 Å². The maximum absolute atomic E-state index is 12.0. The van der Waals surface area contributed by atoms with E-state index in [2.05, 4.69) is 15.4 Å². The number of aromatic nitrogens is 3. The first-order valence-corrected chi connectivity index (χ1v) is 7.78. The molecule has 3 heterocycles. The topological polar surface area (TPSA) is 59.8 Å². The number of amides is 1. The zero-order chi connectivity index (χ0) is 15.5. The monoisotopic (exact) mass is 312 g/mol. The number of thiophene rings is 1. The lowest BCUT2D eigenvalue weighted by atomic mass is 10.2. The van der Waals surface area contributed by atoms with Crippen molar-refractivity contribution in [1.29, 1.82) is 0 Å². The van der Waals surface area contributed by atoms with Gasteiger partial charge in [0.1, 0.15) is 0 Å². The lowest BCUT2D eigenvalue weighted by Crippen LogP contribution is -2.21. The van der Waals surface area contributed by atoms with Crippen LogP contribution in [0.5, 0.6) is 0 Å². The molecule has 0 aliphatic rings. The summed E-state index contributed by atoms with van der Waals surface area (Å²) in [6.45, 7) is 2.45. The average molecular weight is 312 g/mol. The molecular formula is C16H16N4OS. The number of carbonyl (C=O) groups excluding carboxylic acids is 1. The summed E-state index contributed by atoms with van der Waals surface area (Å²) in [6, 6.07) is 7.72. The SMILES string of the molecule is Cc1csc(C(=O)NCc2ccc(-c3ccnn3C)nc2)c1. The van der Waals surface area contributed by atoms with E-state index >= 15 is 0 Å². The normalized spacial score (nSPS) is 10.6. The molecule has 5 nitrogen and oxygen atoms in total. The van der Waals surface area contributed by atoms with Crippen LogP contribution in [0.4, 0.5) is 0 Å². The summed E-state index contributed by atoms with van der Waals surface area (Å²) in [5.74, 6) is -0.0474. The highest BCUT2D eigenvalue weighted by molar-refractivity contribution is 7.12. The first-order valence-electron chi connectivity index (χ1n) is 6.90. The molecule has 6 heteroatoms. The Bertz CT molecular complexity index is 789. The van der Waals surface area contributed by atoms with Gasteiger partial charge in [0.25, 0.3) is 5.91 Å². The lowest BCUT2D eigenvalue weighted by Gasteiger charge is -2.05. The van der Waals surface area contributed by atoms with Crippen molar-refractivity contribution in [1.82, 2.24) is 20.1 Å². The number of hydrogen-bond donors (Lipinski definition) is 1. The average Bonchev–Trinajstić information content (AvgIpc) is 3.14. The summed E-state index contributed by atoms with van der Waals surface area (Å²) in [5, 5.41) is 9.01. The third-order valence-electron chi connectivity index (χ3n) is 3.32. The van der Waals surface area contributed by atoms with E-state index in [1.165, 1.54) is 11.3 Å². The van der Waals surface area contributed by atoms with E-state index in [1.807, 2.05) is 43.6 Å². The van der Waals surface area contributed by atoms with Crippen molar-refractivity contribution < 1.29 is 4.79 Å². The Morgan fingerprint density at radius 2 is 2.23 bits per heavy atom. The molecule has 22 heavy (non-hydrogen) atoms. The van der Waals surface area contributed by atoms with Gasteiger partial charge in [-0.25, -0.2) is 0 Å². The number of nitrogens with zero attached hydrogens (tertiary/aromatic N) is 3. The van der Waals surface area contributed by atoms with Gasteiger partial charge in [-0.2, -0.15) is 5.10 Å². The predicted molar refractivity (Wildman–Crippen MR) is 86.7 cm³/mol. The van der Waals surface area contributed by atoms with Crippen molar-refractivity contribution in [3.8, 4) is 11.4 Å². The van der Waals surface area contributed by atoms with Crippen LogP contribution in [0.2, 0.25) is 0 Å². The van der Waals surface area contributed by atoms with Gasteiger partial charge in [-0.05, 0) is 41.6 Å². The van der Waals surface area contributed by atoms with Crippen molar-refractivity contribution in [3.63, 3.8) is 0 Å². The molecule has 3 aromatic heterocycles. The van der Waals surface area contributed by atoms with E-state index in [4.69, 9.17) is 0 Å². The number of rotatable bonds is 4. The van der Waals surface area contributed by atoms with E-state index in [-0.39, 0.29) is 5.91 Å². The number of nitrogens with one attached hydrogen (secondary N) is 1. The third kappa shape index (κ3) is 3.07. The van der Waals surface area contributed by atoms with Gasteiger partial charge in [0, 0.05) is 26.0 Å². The van der Waals surface area contributed by atoms with Gasteiger partial charge >= 0.3 is 0 Å². The molecular weight excluding hydrogens is 296 g/mol. The van der Waals surface area contributed by atoms with Crippen LogP contribution < -0.4 is 5.32 Å². The smallest absolute Gasteiger partial charge is 0.261 e. The second kappa shape index (κ2) is 6.11. The van der Waals surface area contributed by atoms with Crippen molar-refractivity contribution >= 4 is 17.2 Å². The maximum Gasteiger partial charge on any atom is 0.261 e. The molecule has 3 rings (SSSR count). The Morgan fingerprint density at radius 1 is 1.36 bits per heavy atom. The fourth-order valence-electron chi connectivity index (χ4n) is 2.13. The molecule has 0 aliphatic carbocycles. The molecule has 0 radical (unpaired) electrons. The van der Waals surface area contributed by atoms with E-state index in [0.29, 0.717) is 6.54 Å². The molecule has 0 unspecified atom stereocenters. The summed E-state index contributed by atoms with van der Waals surface area (Å²) in [7, 11) is 1.88. The Balaban J connectivity index is 1.64. The first kappa shape index (κ1) is 14.5. The molecule has 1 amide bonds. The van der Waals surface area contributed by atoms with Gasteiger partial charge in [-0.15, -0.1) is 11.3 Å². The van der Waals surface area contributed by atoms with Gasteiger partial charge in [-0.1, -0.05) is 6.07 Å². The van der Waals surface area contributed by atoms with E-state index in [1.54, 1.807) is 17.1 Å². The molecule has 0 spiro atoms. The number of hydrogen-bond acceptors (Lipinski definition) is 4. The van der Waals surface area contributed by atoms with Crippen molar-refractivity contribution in [2.45, 2.75) is 13.5 Å². The van der Waals surface area contributed by atoms with Gasteiger partial charge in [0.15, 0.2) is 0 Å². The van der Waals surface area contributed by atoms with Crippen LogP contribution in [-0.2, 0) is 13.6 Å². The van der Waals surface area contributed by atoms with Crippen LogP contribution in [0.3, 0.4) is 0 Å². The van der Waals surface area contributed by atoms with Crippen LogP contribution >= 0.6 is 11.3 Å². The van der Waals surface area contributed by atoms with Crippen molar-refractivity contribution in [3.05, 3.63) is 58.0 Å². The summed E-state index contributed by atoms with van der Waals surface area (Å²) in [5.41, 5.74) is 3.90. The predicted octanol–water partition coefficient (Wildman–Crippen LogP) is 2.78. The maximum atomic E-state index is 12.0. The minimum absolute atomic E-state index is 0.0474. The second-order valence-electron chi connectivity index (χ2n) is 5.06. The number of carbonyl (C=O) groups is 1. The minimum atomic E-state index is -0.0474. The largest absolute Gasteiger partial charge is 0.347 e. The molecule has 3 aromatic rings. The van der Waals surface area contributed by atoms with Gasteiger partial charge in [0.2, 0.25) is 0 Å². The van der Waals surface area contributed by atoms with Gasteiger partial charge in [-0.3, -0.25) is 14.5 Å². The highest BCUT2D eigenvalue weighted by atomic mass is 32.1. The Kier molecular flexibility index (Phi) is 4.02. The standard InChI is InChI=1S/C16H16N4OS/c1-11-7-15(22-10-11)16(21)18-9-12-3-4-13(17-8-12)14-5-6-19-20(14)2/h3-8,10H,9H2,1-2H3,(H,18,21). The summed E-state index contributed by atoms with van der Waals surface area (Å²) in [6.07, 6.45) is 3.52. The molecule has 0 aliphatic heterocycles. The fourth-order valence-corrected chi connectivity index (χ4v) is 2.94. The van der Waals surface area contributed by atoms with Crippen molar-refractivity contribution in [2.75, 3.05) is 0 Å².